The summed E-state index contributed by atoms with van der Waals surface area (Å²) in [7, 11) is 2.97. The number of halogens is 3. The van der Waals surface area contributed by atoms with Gasteiger partial charge in [-0.3, -0.25) is 19.1 Å². The van der Waals surface area contributed by atoms with Gasteiger partial charge >= 0.3 is 6.18 Å². The van der Waals surface area contributed by atoms with Gasteiger partial charge in [-0.1, -0.05) is 6.07 Å². The number of alkyl halides is 3. The zero-order valence-corrected chi connectivity index (χ0v) is 20.1. The molecule has 0 N–H and O–H groups in total. The van der Waals surface area contributed by atoms with Crippen molar-refractivity contribution >= 4 is 16.8 Å². The van der Waals surface area contributed by atoms with Crippen LogP contribution >= 0.6 is 0 Å². The number of carbonyl (C=O) groups excluding carboxylic acids is 1. The molecule has 1 atom stereocenters. The molecule has 0 spiro atoms. The summed E-state index contributed by atoms with van der Waals surface area (Å²) < 4.78 is 42.4. The van der Waals surface area contributed by atoms with E-state index in [9.17, 15) is 18.0 Å². The lowest BCUT2D eigenvalue weighted by Crippen LogP contribution is -2.39. The molecule has 35 heavy (non-hydrogen) atoms. The molecule has 10 heteroatoms. The van der Waals surface area contributed by atoms with E-state index in [0.29, 0.717) is 29.9 Å². The van der Waals surface area contributed by atoms with Crippen molar-refractivity contribution in [3.8, 4) is 11.4 Å². The molecular formula is C25H25F3N6O. The highest BCUT2D eigenvalue weighted by atomic mass is 19.4. The zero-order chi connectivity index (χ0) is 25.2. The monoisotopic (exact) mass is 482 g/mol. The number of nitrogens with zero attached hydrogens (tertiary/aromatic N) is 6. The van der Waals surface area contributed by atoms with Gasteiger partial charge in [0.2, 0.25) is 0 Å². The van der Waals surface area contributed by atoms with Gasteiger partial charge in [-0.2, -0.15) is 23.4 Å². The van der Waals surface area contributed by atoms with E-state index in [4.69, 9.17) is 0 Å². The Morgan fingerprint density at radius 3 is 2.49 bits per heavy atom. The third-order valence-electron chi connectivity index (χ3n) is 6.69. The van der Waals surface area contributed by atoms with Crippen LogP contribution in [0.25, 0.3) is 22.3 Å². The van der Waals surface area contributed by atoms with Gasteiger partial charge in [0, 0.05) is 42.8 Å². The third-order valence-corrected chi connectivity index (χ3v) is 6.69. The third kappa shape index (κ3) is 3.77. The fraction of sp³-hybridized carbons (Fsp3) is 0.360. The van der Waals surface area contributed by atoms with Crippen molar-refractivity contribution in [3.05, 3.63) is 64.1 Å². The van der Waals surface area contributed by atoms with Crippen LogP contribution in [0.5, 0.6) is 0 Å². The lowest BCUT2D eigenvalue weighted by molar-refractivity contribution is -0.143. The van der Waals surface area contributed by atoms with Crippen LogP contribution < -0.4 is 0 Å². The van der Waals surface area contributed by atoms with Crippen LogP contribution in [0.3, 0.4) is 0 Å². The number of carbonyl (C=O) groups is 1. The van der Waals surface area contributed by atoms with Crippen LogP contribution in [0.4, 0.5) is 13.2 Å². The Balaban J connectivity index is 1.50. The average molecular weight is 483 g/mol. The molecule has 1 aliphatic heterocycles. The minimum absolute atomic E-state index is 0.113. The highest BCUT2D eigenvalue weighted by Gasteiger charge is 2.37. The first-order valence-corrected chi connectivity index (χ1v) is 11.3. The summed E-state index contributed by atoms with van der Waals surface area (Å²) in [5.74, 6) is -0.113. The molecule has 1 aliphatic rings. The average Bonchev–Trinajstić information content (AvgIpc) is 3.33. The van der Waals surface area contributed by atoms with Gasteiger partial charge in [-0.25, -0.2) is 0 Å². The molecule has 0 saturated carbocycles. The quantitative estimate of drug-likeness (QED) is 0.413. The first-order chi connectivity index (χ1) is 16.5. The van der Waals surface area contributed by atoms with Gasteiger partial charge in [-0.15, -0.1) is 0 Å². The van der Waals surface area contributed by atoms with Crippen molar-refractivity contribution in [3.63, 3.8) is 0 Å². The second kappa shape index (κ2) is 7.93. The number of aromatic nitrogens is 5. The molecule has 5 rings (SSSR count). The predicted molar refractivity (Wildman–Crippen MR) is 125 cm³/mol. The number of pyridine rings is 1. The van der Waals surface area contributed by atoms with Gasteiger partial charge in [0.1, 0.15) is 11.4 Å². The fourth-order valence-electron chi connectivity index (χ4n) is 4.99. The van der Waals surface area contributed by atoms with Gasteiger partial charge in [0.05, 0.1) is 22.9 Å². The Bertz CT molecular complexity index is 1480. The van der Waals surface area contributed by atoms with E-state index < -0.39 is 11.9 Å². The lowest BCUT2D eigenvalue weighted by atomic mass is 9.96. The molecule has 182 valence electrons. The van der Waals surface area contributed by atoms with Crippen LogP contribution in [-0.4, -0.2) is 41.9 Å². The molecule has 0 radical (unpaired) electrons. The normalized spacial score (nSPS) is 16.1. The number of fused-ring (bicyclic) bond motifs is 2. The number of hydrogen-bond acceptors (Lipinski definition) is 4. The van der Waals surface area contributed by atoms with Gasteiger partial charge in [0.25, 0.3) is 5.91 Å². The smallest absolute Gasteiger partial charge is 0.330 e. The van der Waals surface area contributed by atoms with Crippen molar-refractivity contribution in [2.24, 2.45) is 14.1 Å². The van der Waals surface area contributed by atoms with E-state index >= 15 is 0 Å². The molecule has 4 aromatic rings. The number of hydrogen-bond donors (Lipinski definition) is 0. The largest absolute Gasteiger partial charge is 0.433 e. The van der Waals surface area contributed by atoms with Crippen LogP contribution in [0.1, 0.15) is 51.5 Å². The predicted octanol–water partition coefficient (Wildman–Crippen LogP) is 4.76. The van der Waals surface area contributed by atoms with E-state index in [0.717, 1.165) is 38.5 Å². The summed E-state index contributed by atoms with van der Waals surface area (Å²) in [6.45, 7) is 6.19. The van der Waals surface area contributed by atoms with Gasteiger partial charge in [0.15, 0.2) is 0 Å². The Labute approximate surface area is 200 Å². The van der Waals surface area contributed by atoms with Crippen LogP contribution in [0, 0.1) is 13.8 Å². The number of rotatable bonds is 2. The van der Waals surface area contributed by atoms with Crippen molar-refractivity contribution < 1.29 is 18.0 Å². The first kappa shape index (κ1) is 23.1. The number of amides is 1. The molecular weight excluding hydrogens is 457 g/mol. The van der Waals surface area contributed by atoms with Gasteiger partial charge < -0.3 is 4.90 Å². The van der Waals surface area contributed by atoms with Gasteiger partial charge in [-0.05, 0) is 57.0 Å². The molecule has 4 heterocycles. The van der Waals surface area contributed by atoms with Crippen molar-refractivity contribution in [2.45, 2.75) is 39.4 Å². The molecule has 0 unspecified atom stereocenters. The highest BCUT2D eigenvalue weighted by Crippen LogP contribution is 2.38. The van der Waals surface area contributed by atoms with E-state index in [2.05, 4.69) is 15.2 Å². The maximum Gasteiger partial charge on any atom is 0.433 e. The molecule has 7 nitrogen and oxygen atoms in total. The van der Waals surface area contributed by atoms with Crippen molar-refractivity contribution in [1.82, 2.24) is 29.4 Å². The minimum Gasteiger partial charge on any atom is -0.330 e. The van der Waals surface area contributed by atoms with Crippen LogP contribution in [0.15, 0.2) is 30.3 Å². The van der Waals surface area contributed by atoms with E-state index in [-0.39, 0.29) is 17.6 Å². The Morgan fingerprint density at radius 1 is 1.06 bits per heavy atom. The maximum absolute atomic E-state index is 13.5. The molecule has 3 aromatic heterocycles. The Morgan fingerprint density at radius 2 is 1.80 bits per heavy atom. The van der Waals surface area contributed by atoms with Crippen molar-refractivity contribution in [2.75, 3.05) is 6.54 Å². The minimum atomic E-state index is -4.50. The lowest BCUT2D eigenvalue weighted by Gasteiger charge is -2.33. The van der Waals surface area contributed by atoms with E-state index in [1.807, 2.05) is 45.0 Å². The Kier molecular flexibility index (Phi) is 5.23. The first-order valence-electron chi connectivity index (χ1n) is 11.3. The molecule has 0 saturated heterocycles. The summed E-state index contributed by atoms with van der Waals surface area (Å²) in [5, 5.41) is 9.61. The summed E-state index contributed by atoms with van der Waals surface area (Å²) in [6.07, 6.45) is -4.03. The summed E-state index contributed by atoms with van der Waals surface area (Å²) in [5.41, 5.74) is 4.74. The maximum atomic E-state index is 13.5. The van der Waals surface area contributed by atoms with E-state index in [1.165, 1.54) is 7.05 Å². The summed E-state index contributed by atoms with van der Waals surface area (Å²) in [6, 6.07) is 8.30. The summed E-state index contributed by atoms with van der Waals surface area (Å²) in [4.78, 5) is 19.9. The second-order valence-corrected chi connectivity index (χ2v) is 9.11. The second-order valence-electron chi connectivity index (χ2n) is 9.11. The highest BCUT2D eigenvalue weighted by molar-refractivity contribution is 5.99. The standard InChI is InChI=1S/C25H25F3N6O/c1-13-10-17(11-16-7-6-14(2)29-21(13)16)24(35)34-9-8-18-22(15(34)3)31-33(5)23(18)19-12-20(25(26,27)28)32(4)30-19/h6-7,10-12,15H,8-9H2,1-5H3/t15-/m0/s1. The topological polar surface area (TPSA) is 68.8 Å². The molecule has 1 amide bonds. The number of aryl methyl sites for hydroxylation is 4. The van der Waals surface area contributed by atoms with Crippen molar-refractivity contribution in [1.29, 1.82) is 0 Å². The molecule has 0 aliphatic carbocycles. The fourth-order valence-corrected chi connectivity index (χ4v) is 4.99. The molecule has 1 aromatic carbocycles. The Hall–Kier alpha value is -3.69. The SMILES string of the molecule is Cc1ccc2cc(C(=O)N3CCc4c(nn(C)c4-c4cc(C(F)(F)F)n(C)n4)[C@@H]3C)cc(C)c2n1. The summed E-state index contributed by atoms with van der Waals surface area (Å²) >= 11 is 0. The zero-order valence-electron chi connectivity index (χ0n) is 20.1. The number of benzene rings is 1. The molecule has 0 fully saturated rings. The molecule has 0 bridgehead atoms. The van der Waals surface area contributed by atoms with E-state index in [1.54, 1.807) is 16.6 Å². The van der Waals surface area contributed by atoms with Crippen LogP contribution in [0.2, 0.25) is 0 Å². The van der Waals surface area contributed by atoms with Crippen LogP contribution in [-0.2, 0) is 26.7 Å².